The Bertz CT molecular complexity index is 813. The monoisotopic (exact) mass is 307 g/mol. The number of hydrogen-bond acceptors (Lipinski definition) is 4. The van der Waals surface area contributed by atoms with Gasteiger partial charge in [-0.05, 0) is 40.3 Å². The van der Waals surface area contributed by atoms with Gasteiger partial charge in [0.05, 0.1) is 15.6 Å². The first kappa shape index (κ1) is 12.8. The third-order valence-electron chi connectivity index (χ3n) is 2.74. The Hall–Kier alpha value is -2.18. The SMILES string of the molecule is O=c1[nH]c(-c2ccc(Cl)c(Cl)c2)ccc1-c1nnn[nH]1. The molecule has 0 saturated carbocycles. The summed E-state index contributed by atoms with van der Waals surface area (Å²) in [5.41, 5.74) is 1.45. The molecule has 0 fully saturated rings. The highest BCUT2D eigenvalue weighted by atomic mass is 35.5. The molecule has 3 aromatic rings. The first-order valence-corrected chi connectivity index (χ1v) is 6.33. The molecule has 0 spiro atoms. The van der Waals surface area contributed by atoms with Crippen LogP contribution in [0.4, 0.5) is 0 Å². The highest BCUT2D eigenvalue weighted by Crippen LogP contribution is 2.27. The van der Waals surface area contributed by atoms with Crippen LogP contribution in [-0.4, -0.2) is 25.6 Å². The Morgan fingerprint density at radius 2 is 1.90 bits per heavy atom. The van der Waals surface area contributed by atoms with Gasteiger partial charge in [0.1, 0.15) is 0 Å². The van der Waals surface area contributed by atoms with E-state index in [4.69, 9.17) is 23.2 Å². The Labute approximate surface area is 122 Å². The number of tetrazole rings is 1. The van der Waals surface area contributed by atoms with Crippen molar-refractivity contribution in [1.82, 2.24) is 25.6 Å². The Kier molecular flexibility index (Phi) is 3.25. The van der Waals surface area contributed by atoms with Crippen molar-refractivity contribution in [2.24, 2.45) is 0 Å². The minimum atomic E-state index is -0.299. The summed E-state index contributed by atoms with van der Waals surface area (Å²) in [6, 6.07) is 8.52. The van der Waals surface area contributed by atoms with Crippen LogP contribution in [0.15, 0.2) is 35.1 Å². The molecule has 3 rings (SSSR count). The standard InChI is InChI=1S/C12H7Cl2N5O/c13-8-3-1-6(5-9(8)14)10-4-2-7(12(20)15-10)11-16-18-19-17-11/h1-5H,(H,15,20)(H,16,17,18,19). The molecule has 0 unspecified atom stereocenters. The minimum Gasteiger partial charge on any atom is -0.321 e. The van der Waals surface area contributed by atoms with E-state index in [0.717, 1.165) is 5.56 Å². The molecule has 20 heavy (non-hydrogen) atoms. The molecule has 2 heterocycles. The Morgan fingerprint density at radius 3 is 2.55 bits per heavy atom. The average Bonchev–Trinajstić information content (AvgIpc) is 2.95. The van der Waals surface area contributed by atoms with E-state index in [-0.39, 0.29) is 5.56 Å². The molecule has 0 aliphatic heterocycles. The molecule has 0 aliphatic rings. The summed E-state index contributed by atoms with van der Waals surface area (Å²) in [6.07, 6.45) is 0. The molecular weight excluding hydrogens is 301 g/mol. The average molecular weight is 308 g/mol. The van der Waals surface area contributed by atoms with Crippen LogP contribution in [0.5, 0.6) is 0 Å². The van der Waals surface area contributed by atoms with Crippen molar-refractivity contribution in [1.29, 1.82) is 0 Å². The number of halogens is 2. The maximum atomic E-state index is 12.0. The first-order valence-electron chi connectivity index (χ1n) is 5.58. The number of aromatic nitrogens is 5. The van der Waals surface area contributed by atoms with Crippen LogP contribution < -0.4 is 5.56 Å². The van der Waals surface area contributed by atoms with E-state index in [9.17, 15) is 4.79 Å². The van der Waals surface area contributed by atoms with E-state index < -0.39 is 0 Å². The summed E-state index contributed by atoms with van der Waals surface area (Å²) < 4.78 is 0. The van der Waals surface area contributed by atoms with Gasteiger partial charge in [0.25, 0.3) is 5.56 Å². The van der Waals surface area contributed by atoms with E-state index >= 15 is 0 Å². The highest BCUT2D eigenvalue weighted by molar-refractivity contribution is 6.42. The lowest BCUT2D eigenvalue weighted by atomic mass is 10.1. The van der Waals surface area contributed by atoms with E-state index in [1.807, 2.05) is 0 Å². The predicted molar refractivity (Wildman–Crippen MR) is 75.7 cm³/mol. The highest BCUT2D eigenvalue weighted by Gasteiger charge is 2.09. The molecule has 0 bridgehead atoms. The Balaban J connectivity index is 2.06. The summed E-state index contributed by atoms with van der Waals surface area (Å²) in [7, 11) is 0. The molecule has 8 heteroatoms. The molecule has 0 atom stereocenters. The number of pyridine rings is 1. The van der Waals surface area contributed by atoms with Gasteiger partial charge in [0.2, 0.25) is 0 Å². The van der Waals surface area contributed by atoms with Crippen LogP contribution in [-0.2, 0) is 0 Å². The summed E-state index contributed by atoms with van der Waals surface area (Å²) in [5.74, 6) is 0.312. The van der Waals surface area contributed by atoms with Crippen molar-refractivity contribution in [3.05, 3.63) is 50.7 Å². The van der Waals surface area contributed by atoms with Gasteiger partial charge in [-0.25, -0.2) is 5.10 Å². The second-order valence-corrected chi connectivity index (χ2v) is 4.81. The van der Waals surface area contributed by atoms with Crippen molar-refractivity contribution in [2.75, 3.05) is 0 Å². The van der Waals surface area contributed by atoms with Crippen molar-refractivity contribution in [2.45, 2.75) is 0 Å². The molecule has 0 saturated heterocycles. The third-order valence-corrected chi connectivity index (χ3v) is 3.48. The van der Waals surface area contributed by atoms with E-state index in [0.29, 0.717) is 27.1 Å². The molecule has 0 aliphatic carbocycles. The zero-order chi connectivity index (χ0) is 14.1. The van der Waals surface area contributed by atoms with Crippen LogP contribution in [0.25, 0.3) is 22.6 Å². The maximum Gasteiger partial charge on any atom is 0.259 e. The molecular formula is C12H7Cl2N5O. The topological polar surface area (TPSA) is 87.3 Å². The fraction of sp³-hybridized carbons (Fsp3) is 0. The van der Waals surface area contributed by atoms with Gasteiger partial charge in [-0.15, -0.1) is 5.10 Å². The van der Waals surface area contributed by atoms with Gasteiger partial charge in [0.15, 0.2) is 5.82 Å². The quantitative estimate of drug-likeness (QED) is 0.761. The minimum absolute atomic E-state index is 0.299. The smallest absolute Gasteiger partial charge is 0.259 e. The molecule has 0 amide bonds. The summed E-state index contributed by atoms with van der Waals surface area (Å²) >= 11 is 11.8. The Morgan fingerprint density at radius 1 is 1.05 bits per heavy atom. The van der Waals surface area contributed by atoms with Crippen LogP contribution in [0.3, 0.4) is 0 Å². The zero-order valence-corrected chi connectivity index (χ0v) is 11.4. The molecule has 0 radical (unpaired) electrons. The van der Waals surface area contributed by atoms with E-state index in [1.54, 1.807) is 30.3 Å². The van der Waals surface area contributed by atoms with Gasteiger partial charge in [-0.3, -0.25) is 4.79 Å². The van der Waals surface area contributed by atoms with Crippen molar-refractivity contribution < 1.29 is 0 Å². The second kappa shape index (κ2) is 5.07. The number of rotatable bonds is 2. The van der Waals surface area contributed by atoms with Gasteiger partial charge in [-0.2, -0.15) is 0 Å². The lowest BCUT2D eigenvalue weighted by Crippen LogP contribution is -2.10. The number of H-pyrrole nitrogens is 2. The lowest BCUT2D eigenvalue weighted by Gasteiger charge is -2.04. The van der Waals surface area contributed by atoms with Gasteiger partial charge in [-0.1, -0.05) is 29.3 Å². The summed E-state index contributed by atoms with van der Waals surface area (Å²) in [6.45, 7) is 0. The van der Waals surface area contributed by atoms with Crippen molar-refractivity contribution >= 4 is 23.2 Å². The fourth-order valence-corrected chi connectivity index (χ4v) is 2.06. The number of hydrogen-bond donors (Lipinski definition) is 2. The molecule has 2 aromatic heterocycles. The summed E-state index contributed by atoms with van der Waals surface area (Å²) in [4.78, 5) is 14.8. The van der Waals surface area contributed by atoms with Crippen molar-refractivity contribution in [3.8, 4) is 22.6 Å². The zero-order valence-electron chi connectivity index (χ0n) is 9.89. The first-order chi connectivity index (χ1) is 9.65. The van der Waals surface area contributed by atoms with Gasteiger partial charge < -0.3 is 4.98 Å². The predicted octanol–water partition coefficient (Wildman–Crippen LogP) is 2.53. The number of nitrogens with one attached hydrogen (secondary N) is 2. The van der Waals surface area contributed by atoms with E-state index in [1.165, 1.54) is 0 Å². The largest absolute Gasteiger partial charge is 0.321 e. The number of benzene rings is 1. The van der Waals surface area contributed by atoms with E-state index in [2.05, 4.69) is 25.6 Å². The lowest BCUT2D eigenvalue weighted by molar-refractivity contribution is 0.881. The van der Waals surface area contributed by atoms with Crippen LogP contribution >= 0.6 is 23.2 Å². The molecule has 6 nitrogen and oxygen atoms in total. The normalized spacial score (nSPS) is 10.7. The van der Waals surface area contributed by atoms with Crippen LogP contribution in [0, 0.1) is 0 Å². The second-order valence-electron chi connectivity index (χ2n) is 3.99. The number of nitrogens with zero attached hydrogens (tertiary/aromatic N) is 3. The summed E-state index contributed by atoms with van der Waals surface area (Å²) in [5, 5.41) is 14.0. The maximum absolute atomic E-state index is 12.0. The third kappa shape index (κ3) is 2.31. The van der Waals surface area contributed by atoms with Crippen LogP contribution in [0.1, 0.15) is 0 Å². The van der Waals surface area contributed by atoms with Crippen LogP contribution in [0.2, 0.25) is 10.0 Å². The van der Waals surface area contributed by atoms with Crippen molar-refractivity contribution in [3.63, 3.8) is 0 Å². The fourth-order valence-electron chi connectivity index (χ4n) is 1.77. The van der Waals surface area contributed by atoms with Gasteiger partial charge >= 0.3 is 0 Å². The number of aromatic amines is 2. The molecule has 1 aromatic carbocycles. The molecule has 100 valence electrons. The van der Waals surface area contributed by atoms with Gasteiger partial charge in [0, 0.05) is 5.69 Å². The molecule has 2 N–H and O–H groups in total.